The van der Waals surface area contributed by atoms with Crippen LogP contribution in [-0.4, -0.2) is 18.2 Å². The highest BCUT2D eigenvalue weighted by molar-refractivity contribution is 7.13. The van der Waals surface area contributed by atoms with E-state index in [0.29, 0.717) is 25.7 Å². The Bertz CT molecular complexity index is 969. The number of halogens is 1. The lowest BCUT2D eigenvalue weighted by atomic mass is 10.0. The second-order valence-electron chi connectivity index (χ2n) is 7.25. The number of thiazole rings is 1. The standard InChI is InChI=1S/C22H21FN2O2S/c23-17-6-3-15(4-7-17)22-25-18(13-28-22)12-24-21(14-1-2-14)16-5-8-19-20(11-16)27-10-9-26-19/h3-8,11,13-14,21,24H,1-2,9-10,12H2. The van der Waals surface area contributed by atoms with Gasteiger partial charge in [0, 0.05) is 23.5 Å². The molecule has 6 heteroatoms. The predicted molar refractivity (Wildman–Crippen MR) is 107 cm³/mol. The van der Waals surface area contributed by atoms with Gasteiger partial charge in [0.25, 0.3) is 0 Å². The lowest BCUT2D eigenvalue weighted by Gasteiger charge is -2.23. The molecule has 0 amide bonds. The molecule has 3 aromatic rings. The zero-order valence-corrected chi connectivity index (χ0v) is 16.2. The van der Waals surface area contributed by atoms with Crippen LogP contribution in [0.1, 0.15) is 30.1 Å². The summed E-state index contributed by atoms with van der Waals surface area (Å²) in [5.41, 5.74) is 3.19. The first-order valence-corrected chi connectivity index (χ1v) is 10.5. The third kappa shape index (κ3) is 3.75. The van der Waals surface area contributed by atoms with Gasteiger partial charge < -0.3 is 14.8 Å². The van der Waals surface area contributed by atoms with E-state index in [1.54, 1.807) is 23.5 Å². The highest BCUT2D eigenvalue weighted by Crippen LogP contribution is 2.43. The van der Waals surface area contributed by atoms with Crippen LogP contribution < -0.4 is 14.8 Å². The van der Waals surface area contributed by atoms with Crippen molar-refractivity contribution in [2.75, 3.05) is 13.2 Å². The molecule has 2 heterocycles. The number of hydrogen-bond donors (Lipinski definition) is 1. The lowest BCUT2D eigenvalue weighted by molar-refractivity contribution is 0.171. The van der Waals surface area contributed by atoms with E-state index in [0.717, 1.165) is 27.8 Å². The van der Waals surface area contributed by atoms with Crippen molar-refractivity contribution in [2.45, 2.75) is 25.4 Å². The molecule has 0 bridgehead atoms. The van der Waals surface area contributed by atoms with Gasteiger partial charge in [-0.3, -0.25) is 0 Å². The number of fused-ring (bicyclic) bond motifs is 1. The number of nitrogens with one attached hydrogen (secondary N) is 1. The van der Waals surface area contributed by atoms with Crippen molar-refractivity contribution in [3.63, 3.8) is 0 Å². The van der Waals surface area contributed by atoms with Crippen molar-refractivity contribution in [3.05, 3.63) is 64.9 Å². The van der Waals surface area contributed by atoms with Crippen molar-refractivity contribution in [1.82, 2.24) is 10.3 Å². The van der Waals surface area contributed by atoms with Crippen LogP contribution in [0.15, 0.2) is 47.8 Å². The summed E-state index contributed by atoms with van der Waals surface area (Å²) in [6, 6.07) is 13.0. The van der Waals surface area contributed by atoms with E-state index < -0.39 is 0 Å². The molecule has 1 N–H and O–H groups in total. The van der Waals surface area contributed by atoms with Gasteiger partial charge >= 0.3 is 0 Å². The molecule has 0 saturated heterocycles. The van der Waals surface area contributed by atoms with Gasteiger partial charge in [0.1, 0.15) is 24.0 Å². The Labute approximate surface area is 167 Å². The van der Waals surface area contributed by atoms with Gasteiger partial charge in [-0.1, -0.05) is 6.07 Å². The Morgan fingerprint density at radius 3 is 2.64 bits per heavy atom. The average molecular weight is 396 g/mol. The molecule has 1 aliphatic carbocycles. The first kappa shape index (κ1) is 17.6. The highest BCUT2D eigenvalue weighted by atomic mass is 32.1. The summed E-state index contributed by atoms with van der Waals surface area (Å²) < 4.78 is 24.5. The van der Waals surface area contributed by atoms with Gasteiger partial charge in [-0.25, -0.2) is 9.37 Å². The molecule has 1 unspecified atom stereocenters. The van der Waals surface area contributed by atoms with Gasteiger partial charge in [-0.15, -0.1) is 11.3 Å². The number of rotatable bonds is 6. The molecule has 28 heavy (non-hydrogen) atoms. The zero-order chi connectivity index (χ0) is 18.9. The zero-order valence-electron chi connectivity index (χ0n) is 15.4. The Morgan fingerprint density at radius 2 is 1.86 bits per heavy atom. The monoisotopic (exact) mass is 396 g/mol. The van der Waals surface area contributed by atoms with Crippen LogP contribution in [0.5, 0.6) is 11.5 Å². The van der Waals surface area contributed by atoms with Crippen LogP contribution in [0, 0.1) is 11.7 Å². The smallest absolute Gasteiger partial charge is 0.161 e. The molecule has 5 rings (SSSR count). The van der Waals surface area contributed by atoms with Crippen molar-refractivity contribution >= 4 is 11.3 Å². The summed E-state index contributed by atoms with van der Waals surface area (Å²) in [5.74, 6) is 2.09. The third-order valence-electron chi connectivity index (χ3n) is 5.16. The van der Waals surface area contributed by atoms with Crippen LogP contribution in [0.3, 0.4) is 0 Å². The van der Waals surface area contributed by atoms with Gasteiger partial charge in [0.2, 0.25) is 0 Å². The minimum absolute atomic E-state index is 0.228. The molecule has 1 aliphatic heterocycles. The Balaban J connectivity index is 1.30. The maximum absolute atomic E-state index is 13.1. The molecule has 4 nitrogen and oxygen atoms in total. The van der Waals surface area contributed by atoms with E-state index in [-0.39, 0.29) is 11.9 Å². The second kappa shape index (κ2) is 7.53. The van der Waals surface area contributed by atoms with E-state index in [1.165, 1.54) is 30.5 Å². The average Bonchev–Trinajstić information content (AvgIpc) is 3.46. The topological polar surface area (TPSA) is 43.4 Å². The van der Waals surface area contributed by atoms with Crippen LogP contribution in [-0.2, 0) is 6.54 Å². The highest BCUT2D eigenvalue weighted by Gasteiger charge is 2.32. The molecule has 0 spiro atoms. The molecule has 1 fully saturated rings. The maximum Gasteiger partial charge on any atom is 0.161 e. The van der Waals surface area contributed by atoms with Gasteiger partial charge in [-0.2, -0.15) is 0 Å². The third-order valence-corrected chi connectivity index (χ3v) is 6.10. The molecule has 144 valence electrons. The minimum atomic E-state index is -0.228. The molecule has 2 aromatic carbocycles. The van der Waals surface area contributed by atoms with Crippen LogP contribution in [0.25, 0.3) is 10.6 Å². The first-order chi connectivity index (χ1) is 13.8. The van der Waals surface area contributed by atoms with Crippen LogP contribution in [0.2, 0.25) is 0 Å². The van der Waals surface area contributed by atoms with Crippen LogP contribution in [0.4, 0.5) is 4.39 Å². The molecular weight excluding hydrogens is 375 g/mol. The fourth-order valence-electron chi connectivity index (χ4n) is 3.57. The van der Waals surface area contributed by atoms with Crippen molar-refractivity contribution in [1.29, 1.82) is 0 Å². The second-order valence-corrected chi connectivity index (χ2v) is 8.11. The first-order valence-electron chi connectivity index (χ1n) is 9.59. The van der Waals surface area contributed by atoms with Crippen molar-refractivity contribution < 1.29 is 13.9 Å². The lowest BCUT2D eigenvalue weighted by Crippen LogP contribution is -2.23. The SMILES string of the molecule is Fc1ccc(-c2nc(CNC(c3ccc4c(c3)OCCO4)C3CC3)cs2)cc1. The Kier molecular flexibility index (Phi) is 4.74. The fraction of sp³-hybridized carbons (Fsp3) is 0.318. The summed E-state index contributed by atoms with van der Waals surface area (Å²) in [7, 11) is 0. The van der Waals surface area contributed by atoms with E-state index in [4.69, 9.17) is 14.5 Å². The largest absolute Gasteiger partial charge is 0.486 e. The maximum atomic E-state index is 13.1. The van der Waals surface area contributed by atoms with E-state index >= 15 is 0 Å². The van der Waals surface area contributed by atoms with E-state index in [2.05, 4.69) is 22.8 Å². The number of nitrogens with zero attached hydrogens (tertiary/aromatic N) is 1. The normalized spacial score (nSPS) is 16.8. The number of ether oxygens (including phenoxy) is 2. The molecule has 2 aliphatic rings. The molecule has 1 saturated carbocycles. The number of hydrogen-bond acceptors (Lipinski definition) is 5. The number of aromatic nitrogens is 1. The van der Waals surface area contributed by atoms with E-state index in [9.17, 15) is 4.39 Å². The van der Waals surface area contributed by atoms with E-state index in [1.807, 2.05) is 6.07 Å². The quantitative estimate of drug-likeness (QED) is 0.639. The Hall–Kier alpha value is -2.44. The summed E-state index contributed by atoms with van der Waals surface area (Å²) >= 11 is 1.59. The molecule has 1 atom stereocenters. The number of benzene rings is 2. The van der Waals surface area contributed by atoms with Gasteiger partial charge in [-0.05, 0) is 60.7 Å². The van der Waals surface area contributed by atoms with Gasteiger partial charge in [0.05, 0.1) is 5.69 Å². The van der Waals surface area contributed by atoms with Crippen molar-refractivity contribution in [2.24, 2.45) is 5.92 Å². The summed E-state index contributed by atoms with van der Waals surface area (Å²) in [4.78, 5) is 4.71. The molecular formula is C22H21FN2O2S. The minimum Gasteiger partial charge on any atom is -0.486 e. The Morgan fingerprint density at radius 1 is 1.07 bits per heavy atom. The van der Waals surface area contributed by atoms with Crippen molar-refractivity contribution in [3.8, 4) is 22.1 Å². The summed E-state index contributed by atoms with van der Waals surface area (Å²) in [6.07, 6.45) is 2.48. The van der Waals surface area contributed by atoms with Gasteiger partial charge in [0.15, 0.2) is 11.5 Å². The molecule has 0 radical (unpaired) electrons. The predicted octanol–water partition coefficient (Wildman–Crippen LogP) is 4.96. The van der Waals surface area contributed by atoms with Crippen LogP contribution >= 0.6 is 11.3 Å². The summed E-state index contributed by atoms with van der Waals surface area (Å²) in [6.45, 7) is 1.91. The summed E-state index contributed by atoms with van der Waals surface area (Å²) in [5, 5.41) is 6.67. The molecule has 1 aromatic heterocycles. The fourth-order valence-corrected chi connectivity index (χ4v) is 4.39.